The Morgan fingerprint density at radius 2 is 1.72 bits per heavy atom. The maximum atomic E-state index is 12.2. The van der Waals surface area contributed by atoms with E-state index in [1.54, 1.807) is 48.5 Å². The molecule has 3 rings (SSSR count). The monoisotopic (exact) mass is 372 g/mol. The van der Waals surface area contributed by atoms with Crippen LogP contribution in [0.25, 0.3) is 11.3 Å². The molecule has 0 aliphatic heterocycles. The van der Waals surface area contributed by atoms with Gasteiger partial charge in [0.25, 0.3) is 11.5 Å². The zero-order valence-corrected chi connectivity index (χ0v) is 14.6. The molecule has 0 unspecified atom stereocenters. The van der Waals surface area contributed by atoms with Crippen LogP contribution in [0, 0.1) is 0 Å². The SMILES string of the molecule is O=C(NCc1cccc(Cl)c1)c1ccc(-c2ccc(Cl)cc2)[nH]c1=O. The van der Waals surface area contributed by atoms with Crippen LogP contribution in [0.2, 0.25) is 10.0 Å². The lowest BCUT2D eigenvalue weighted by Crippen LogP contribution is -2.29. The third kappa shape index (κ3) is 4.29. The Hall–Kier alpha value is -2.56. The lowest BCUT2D eigenvalue weighted by Gasteiger charge is -2.07. The largest absolute Gasteiger partial charge is 0.348 e. The Bertz CT molecular complexity index is 966. The molecule has 0 saturated carbocycles. The van der Waals surface area contributed by atoms with E-state index in [9.17, 15) is 9.59 Å². The van der Waals surface area contributed by atoms with Gasteiger partial charge in [0.2, 0.25) is 0 Å². The number of carbonyl (C=O) groups excluding carboxylic acids is 1. The predicted octanol–water partition coefficient (Wildman–Crippen LogP) is 4.28. The van der Waals surface area contributed by atoms with Crippen LogP contribution >= 0.6 is 23.2 Å². The highest BCUT2D eigenvalue weighted by Crippen LogP contribution is 2.18. The molecule has 126 valence electrons. The fourth-order valence-corrected chi connectivity index (χ4v) is 2.71. The molecule has 3 aromatic rings. The van der Waals surface area contributed by atoms with Gasteiger partial charge in [-0.15, -0.1) is 0 Å². The summed E-state index contributed by atoms with van der Waals surface area (Å²) in [5.74, 6) is -0.441. The van der Waals surface area contributed by atoms with Crippen LogP contribution in [0.5, 0.6) is 0 Å². The Labute approximate surface area is 154 Å². The van der Waals surface area contributed by atoms with E-state index >= 15 is 0 Å². The van der Waals surface area contributed by atoms with Crippen molar-refractivity contribution in [2.24, 2.45) is 0 Å². The van der Waals surface area contributed by atoms with Gasteiger partial charge in [0.15, 0.2) is 0 Å². The molecule has 2 aromatic carbocycles. The second-order valence-corrected chi connectivity index (χ2v) is 6.31. The number of aromatic nitrogens is 1. The first-order valence-electron chi connectivity index (χ1n) is 7.55. The summed E-state index contributed by atoms with van der Waals surface area (Å²) in [5.41, 5.74) is 1.89. The van der Waals surface area contributed by atoms with Crippen molar-refractivity contribution in [3.8, 4) is 11.3 Å². The number of hydrogen-bond donors (Lipinski definition) is 2. The third-order valence-electron chi connectivity index (χ3n) is 3.65. The molecule has 4 nitrogen and oxygen atoms in total. The molecule has 25 heavy (non-hydrogen) atoms. The average molecular weight is 373 g/mol. The van der Waals surface area contributed by atoms with Crippen LogP contribution in [0.4, 0.5) is 0 Å². The van der Waals surface area contributed by atoms with Crippen molar-refractivity contribution in [1.29, 1.82) is 0 Å². The van der Waals surface area contributed by atoms with Crippen molar-refractivity contribution >= 4 is 29.1 Å². The predicted molar refractivity (Wildman–Crippen MR) is 100 cm³/mol. The average Bonchev–Trinajstić information content (AvgIpc) is 2.60. The molecule has 0 fully saturated rings. The molecule has 0 spiro atoms. The van der Waals surface area contributed by atoms with Gasteiger partial charge in [-0.2, -0.15) is 0 Å². The molecular weight excluding hydrogens is 359 g/mol. The summed E-state index contributed by atoms with van der Waals surface area (Å²) < 4.78 is 0. The number of hydrogen-bond acceptors (Lipinski definition) is 2. The normalized spacial score (nSPS) is 10.5. The second kappa shape index (κ2) is 7.55. The minimum Gasteiger partial charge on any atom is -0.348 e. The first-order valence-corrected chi connectivity index (χ1v) is 8.30. The highest BCUT2D eigenvalue weighted by molar-refractivity contribution is 6.30. The van der Waals surface area contributed by atoms with Crippen LogP contribution in [0.3, 0.4) is 0 Å². The van der Waals surface area contributed by atoms with Gasteiger partial charge in [0, 0.05) is 22.3 Å². The molecule has 1 amide bonds. The summed E-state index contributed by atoms with van der Waals surface area (Å²) in [6.07, 6.45) is 0. The van der Waals surface area contributed by atoms with Crippen molar-refractivity contribution in [3.05, 3.63) is 92.2 Å². The Kier molecular flexibility index (Phi) is 5.22. The van der Waals surface area contributed by atoms with E-state index in [1.165, 1.54) is 6.07 Å². The number of pyridine rings is 1. The maximum Gasteiger partial charge on any atom is 0.261 e. The first-order chi connectivity index (χ1) is 12.0. The van der Waals surface area contributed by atoms with Crippen molar-refractivity contribution in [1.82, 2.24) is 10.3 Å². The molecule has 0 aliphatic carbocycles. The number of rotatable bonds is 4. The standard InChI is InChI=1S/C19H14Cl2N2O2/c20-14-6-4-13(5-7-14)17-9-8-16(19(25)23-17)18(24)22-11-12-2-1-3-15(21)10-12/h1-10H,11H2,(H,22,24)(H,23,25). The number of H-pyrrole nitrogens is 1. The fourth-order valence-electron chi connectivity index (χ4n) is 2.37. The topological polar surface area (TPSA) is 62.0 Å². The van der Waals surface area contributed by atoms with Gasteiger partial charge in [0.05, 0.1) is 0 Å². The van der Waals surface area contributed by atoms with E-state index in [0.717, 1.165) is 11.1 Å². The molecule has 0 radical (unpaired) electrons. The molecule has 0 bridgehead atoms. The number of amides is 1. The quantitative estimate of drug-likeness (QED) is 0.717. The van der Waals surface area contributed by atoms with Crippen molar-refractivity contribution in [3.63, 3.8) is 0 Å². The van der Waals surface area contributed by atoms with Gasteiger partial charge in [-0.25, -0.2) is 0 Å². The molecule has 0 aliphatic rings. The van der Waals surface area contributed by atoms with Gasteiger partial charge in [0.1, 0.15) is 5.56 Å². The smallest absolute Gasteiger partial charge is 0.261 e. The number of aromatic amines is 1. The third-order valence-corrected chi connectivity index (χ3v) is 4.14. The summed E-state index contributed by atoms with van der Waals surface area (Å²) in [4.78, 5) is 27.2. The summed E-state index contributed by atoms with van der Waals surface area (Å²) in [7, 11) is 0. The summed E-state index contributed by atoms with van der Waals surface area (Å²) in [6, 6.07) is 17.4. The minimum absolute atomic E-state index is 0.0553. The lowest BCUT2D eigenvalue weighted by atomic mass is 10.1. The van der Waals surface area contributed by atoms with Crippen molar-refractivity contribution in [2.75, 3.05) is 0 Å². The van der Waals surface area contributed by atoms with Gasteiger partial charge in [-0.1, -0.05) is 47.5 Å². The number of benzene rings is 2. The molecular formula is C19H14Cl2N2O2. The maximum absolute atomic E-state index is 12.2. The van der Waals surface area contributed by atoms with Gasteiger partial charge >= 0.3 is 0 Å². The van der Waals surface area contributed by atoms with Gasteiger partial charge in [-0.05, 0) is 47.5 Å². The van der Waals surface area contributed by atoms with Gasteiger partial charge < -0.3 is 10.3 Å². The molecule has 0 saturated heterocycles. The zero-order valence-electron chi connectivity index (χ0n) is 13.1. The second-order valence-electron chi connectivity index (χ2n) is 5.43. The Morgan fingerprint density at radius 3 is 2.40 bits per heavy atom. The van der Waals surface area contributed by atoms with Crippen molar-refractivity contribution < 1.29 is 4.79 Å². The van der Waals surface area contributed by atoms with Crippen LogP contribution in [-0.4, -0.2) is 10.9 Å². The van der Waals surface area contributed by atoms with Crippen LogP contribution < -0.4 is 10.9 Å². The number of carbonyl (C=O) groups is 1. The number of halogens is 2. The summed E-state index contributed by atoms with van der Waals surface area (Å²) >= 11 is 11.8. The molecule has 1 aromatic heterocycles. The Morgan fingerprint density at radius 1 is 0.960 bits per heavy atom. The Balaban J connectivity index is 1.75. The van der Waals surface area contributed by atoms with E-state index in [4.69, 9.17) is 23.2 Å². The molecule has 1 heterocycles. The van der Waals surface area contributed by atoms with E-state index in [2.05, 4.69) is 10.3 Å². The molecule has 6 heteroatoms. The highest BCUT2D eigenvalue weighted by Gasteiger charge is 2.11. The highest BCUT2D eigenvalue weighted by atomic mass is 35.5. The first kappa shape index (κ1) is 17.3. The van der Waals surface area contributed by atoms with E-state index < -0.39 is 11.5 Å². The van der Waals surface area contributed by atoms with Gasteiger partial charge in [-0.3, -0.25) is 9.59 Å². The fraction of sp³-hybridized carbons (Fsp3) is 0.0526. The molecule has 2 N–H and O–H groups in total. The summed E-state index contributed by atoms with van der Waals surface area (Å²) in [5, 5.41) is 3.92. The van der Waals surface area contributed by atoms with Crippen LogP contribution in [0.1, 0.15) is 15.9 Å². The zero-order chi connectivity index (χ0) is 17.8. The van der Waals surface area contributed by atoms with Crippen molar-refractivity contribution in [2.45, 2.75) is 6.54 Å². The minimum atomic E-state index is -0.448. The van der Waals surface area contributed by atoms with Crippen LogP contribution in [-0.2, 0) is 6.54 Å². The van der Waals surface area contributed by atoms with E-state index in [0.29, 0.717) is 15.7 Å². The summed E-state index contributed by atoms with van der Waals surface area (Å²) in [6.45, 7) is 0.289. The van der Waals surface area contributed by atoms with E-state index in [1.807, 2.05) is 6.07 Å². The van der Waals surface area contributed by atoms with Crippen LogP contribution in [0.15, 0.2) is 65.5 Å². The van der Waals surface area contributed by atoms with E-state index in [-0.39, 0.29) is 12.1 Å². The molecule has 0 atom stereocenters. The number of nitrogens with one attached hydrogen (secondary N) is 2. The lowest BCUT2D eigenvalue weighted by molar-refractivity contribution is 0.0949.